The van der Waals surface area contributed by atoms with E-state index < -0.39 is 0 Å². The molecule has 1 aliphatic rings. The van der Waals surface area contributed by atoms with Gasteiger partial charge in [0.1, 0.15) is 5.82 Å². The normalized spacial score (nSPS) is 18.7. The van der Waals surface area contributed by atoms with Gasteiger partial charge in [0.25, 0.3) is 0 Å². The molecule has 0 spiro atoms. The fraction of sp³-hybridized carbons (Fsp3) is 0.667. The molecule has 0 aromatic carbocycles. The Hall–Kier alpha value is -0.960. The van der Waals surface area contributed by atoms with Crippen LogP contribution in [0.15, 0.2) is 12.3 Å². The maximum absolute atomic E-state index is 5.59. The Morgan fingerprint density at radius 1 is 1.20 bits per heavy atom. The molecule has 0 saturated heterocycles. The summed E-state index contributed by atoms with van der Waals surface area (Å²) in [6.07, 6.45) is 9.71. The molecular weight excluding hydrogens is 186 g/mol. The van der Waals surface area contributed by atoms with Gasteiger partial charge in [-0.15, -0.1) is 0 Å². The van der Waals surface area contributed by atoms with E-state index in [1.54, 1.807) is 0 Å². The van der Waals surface area contributed by atoms with Crippen LogP contribution in [-0.2, 0) is 6.54 Å². The van der Waals surface area contributed by atoms with Gasteiger partial charge >= 0.3 is 0 Å². The highest BCUT2D eigenvalue weighted by Gasteiger charge is 2.16. The zero-order valence-electron chi connectivity index (χ0n) is 9.15. The predicted molar refractivity (Wildman–Crippen MR) is 60.4 cm³/mol. The third kappa shape index (κ3) is 2.75. The molecule has 0 amide bonds. The van der Waals surface area contributed by atoms with E-state index >= 15 is 0 Å². The first-order valence-electron chi connectivity index (χ1n) is 5.92. The molecule has 1 aliphatic carbocycles. The van der Waals surface area contributed by atoms with Crippen molar-refractivity contribution in [1.29, 1.82) is 0 Å². The molecule has 1 fully saturated rings. The zero-order valence-corrected chi connectivity index (χ0v) is 9.15. The summed E-state index contributed by atoms with van der Waals surface area (Å²) in [4.78, 5) is 8.91. The molecule has 3 nitrogen and oxygen atoms in total. The van der Waals surface area contributed by atoms with Crippen LogP contribution in [0.25, 0.3) is 0 Å². The largest absolute Gasteiger partial charge is 0.325 e. The van der Waals surface area contributed by atoms with Gasteiger partial charge in [0.05, 0.1) is 5.69 Å². The van der Waals surface area contributed by atoms with Crippen LogP contribution in [0.5, 0.6) is 0 Å². The Bertz CT molecular complexity index is 303. The van der Waals surface area contributed by atoms with Crippen LogP contribution in [-0.4, -0.2) is 9.97 Å². The summed E-state index contributed by atoms with van der Waals surface area (Å²) in [5.41, 5.74) is 6.55. The van der Waals surface area contributed by atoms with E-state index in [4.69, 9.17) is 5.73 Å². The molecule has 82 valence electrons. The van der Waals surface area contributed by atoms with Crippen LogP contribution in [0, 0.1) is 0 Å². The fourth-order valence-electron chi connectivity index (χ4n) is 2.26. The minimum Gasteiger partial charge on any atom is -0.325 e. The Morgan fingerprint density at radius 3 is 2.60 bits per heavy atom. The van der Waals surface area contributed by atoms with Gasteiger partial charge in [0.2, 0.25) is 0 Å². The maximum atomic E-state index is 5.59. The molecule has 0 aliphatic heterocycles. The lowest BCUT2D eigenvalue weighted by Crippen LogP contribution is -2.07. The van der Waals surface area contributed by atoms with Gasteiger partial charge in [-0.25, -0.2) is 9.97 Å². The molecule has 15 heavy (non-hydrogen) atoms. The first-order chi connectivity index (χ1) is 7.40. The Kier molecular flexibility index (Phi) is 3.67. The molecule has 1 saturated carbocycles. The summed E-state index contributed by atoms with van der Waals surface area (Å²) in [5.74, 6) is 1.58. The number of hydrogen-bond acceptors (Lipinski definition) is 3. The van der Waals surface area contributed by atoms with Crippen LogP contribution in [0.1, 0.15) is 56.0 Å². The number of rotatable bonds is 2. The topological polar surface area (TPSA) is 51.8 Å². The highest BCUT2D eigenvalue weighted by atomic mass is 14.9. The second-order valence-corrected chi connectivity index (χ2v) is 4.30. The van der Waals surface area contributed by atoms with Crippen molar-refractivity contribution in [3.63, 3.8) is 0 Å². The number of hydrogen-bond donors (Lipinski definition) is 1. The monoisotopic (exact) mass is 205 g/mol. The summed E-state index contributed by atoms with van der Waals surface area (Å²) >= 11 is 0. The summed E-state index contributed by atoms with van der Waals surface area (Å²) in [5, 5.41) is 0. The van der Waals surface area contributed by atoms with Crippen molar-refractivity contribution in [2.24, 2.45) is 5.73 Å². The average Bonchev–Trinajstić information content (AvgIpc) is 2.58. The van der Waals surface area contributed by atoms with Crippen molar-refractivity contribution in [2.45, 2.75) is 51.0 Å². The van der Waals surface area contributed by atoms with Crippen molar-refractivity contribution >= 4 is 0 Å². The Labute approximate surface area is 91.1 Å². The summed E-state index contributed by atoms with van der Waals surface area (Å²) in [6, 6.07) is 1.90. The maximum Gasteiger partial charge on any atom is 0.131 e. The Balaban J connectivity index is 2.12. The molecular formula is C12H19N3. The van der Waals surface area contributed by atoms with Crippen LogP contribution in [0.2, 0.25) is 0 Å². The highest BCUT2D eigenvalue weighted by Crippen LogP contribution is 2.29. The third-order valence-electron chi connectivity index (χ3n) is 3.16. The standard InChI is InChI=1S/C12H19N3/c13-9-11-7-8-14-12(15-11)10-5-3-1-2-4-6-10/h7-8,10H,1-6,9,13H2. The van der Waals surface area contributed by atoms with E-state index in [-0.39, 0.29) is 0 Å². The minimum atomic E-state index is 0.516. The van der Waals surface area contributed by atoms with Crippen molar-refractivity contribution in [3.8, 4) is 0 Å². The van der Waals surface area contributed by atoms with E-state index in [0.29, 0.717) is 12.5 Å². The average molecular weight is 205 g/mol. The lowest BCUT2D eigenvalue weighted by Gasteiger charge is -2.12. The fourth-order valence-corrected chi connectivity index (χ4v) is 2.26. The summed E-state index contributed by atoms with van der Waals surface area (Å²) in [6.45, 7) is 0.516. The lowest BCUT2D eigenvalue weighted by atomic mass is 9.99. The van der Waals surface area contributed by atoms with Crippen molar-refractivity contribution in [2.75, 3.05) is 0 Å². The number of aromatic nitrogens is 2. The van der Waals surface area contributed by atoms with Gasteiger partial charge in [0.15, 0.2) is 0 Å². The first kappa shape index (κ1) is 10.6. The minimum absolute atomic E-state index is 0.516. The molecule has 0 atom stereocenters. The second kappa shape index (κ2) is 5.21. The van der Waals surface area contributed by atoms with Crippen molar-refractivity contribution in [1.82, 2.24) is 9.97 Å². The van der Waals surface area contributed by atoms with Gasteiger partial charge in [-0.3, -0.25) is 0 Å². The zero-order chi connectivity index (χ0) is 10.5. The van der Waals surface area contributed by atoms with E-state index in [1.807, 2.05) is 12.3 Å². The van der Waals surface area contributed by atoms with E-state index in [0.717, 1.165) is 11.5 Å². The predicted octanol–water partition coefficient (Wildman–Crippen LogP) is 2.37. The van der Waals surface area contributed by atoms with Gasteiger partial charge in [-0.05, 0) is 18.9 Å². The van der Waals surface area contributed by atoms with E-state index in [9.17, 15) is 0 Å². The third-order valence-corrected chi connectivity index (χ3v) is 3.16. The molecule has 0 radical (unpaired) electrons. The van der Waals surface area contributed by atoms with Gasteiger partial charge in [-0.2, -0.15) is 0 Å². The van der Waals surface area contributed by atoms with Gasteiger partial charge in [0, 0.05) is 18.7 Å². The first-order valence-corrected chi connectivity index (χ1v) is 5.92. The van der Waals surface area contributed by atoms with Crippen LogP contribution >= 0.6 is 0 Å². The molecule has 1 aromatic rings. The highest BCUT2D eigenvalue weighted by molar-refractivity contribution is 5.05. The molecule has 2 rings (SSSR count). The molecule has 0 unspecified atom stereocenters. The molecule has 2 N–H and O–H groups in total. The lowest BCUT2D eigenvalue weighted by molar-refractivity contribution is 0.557. The van der Waals surface area contributed by atoms with Crippen molar-refractivity contribution < 1.29 is 0 Å². The molecule has 3 heteroatoms. The smallest absolute Gasteiger partial charge is 0.131 e. The van der Waals surface area contributed by atoms with E-state index in [2.05, 4.69) is 9.97 Å². The van der Waals surface area contributed by atoms with Gasteiger partial charge in [-0.1, -0.05) is 25.7 Å². The number of nitrogens with two attached hydrogens (primary N) is 1. The number of nitrogens with zero attached hydrogens (tertiary/aromatic N) is 2. The molecule has 1 aromatic heterocycles. The SMILES string of the molecule is NCc1ccnc(C2CCCCCC2)n1. The quantitative estimate of drug-likeness (QED) is 0.754. The van der Waals surface area contributed by atoms with Crippen LogP contribution in [0.3, 0.4) is 0 Å². The van der Waals surface area contributed by atoms with Crippen LogP contribution < -0.4 is 5.73 Å². The summed E-state index contributed by atoms with van der Waals surface area (Å²) in [7, 11) is 0. The molecule has 1 heterocycles. The molecule has 0 bridgehead atoms. The second-order valence-electron chi connectivity index (χ2n) is 4.30. The van der Waals surface area contributed by atoms with Crippen LogP contribution in [0.4, 0.5) is 0 Å². The summed E-state index contributed by atoms with van der Waals surface area (Å²) < 4.78 is 0. The van der Waals surface area contributed by atoms with E-state index in [1.165, 1.54) is 38.5 Å². The van der Waals surface area contributed by atoms with Gasteiger partial charge < -0.3 is 5.73 Å². The Morgan fingerprint density at radius 2 is 1.93 bits per heavy atom. The van der Waals surface area contributed by atoms with Crippen molar-refractivity contribution in [3.05, 3.63) is 23.8 Å².